The molecule has 0 amide bonds. The molecule has 0 spiro atoms. The van der Waals surface area contributed by atoms with Gasteiger partial charge in [0.25, 0.3) is 0 Å². The summed E-state index contributed by atoms with van der Waals surface area (Å²) in [6.07, 6.45) is 1.53. The van der Waals surface area contributed by atoms with E-state index in [1.54, 1.807) is 0 Å². The summed E-state index contributed by atoms with van der Waals surface area (Å²) >= 11 is 1.51. The van der Waals surface area contributed by atoms with Gasteiger partial charge in [-0.3, -0.25) is 9.59 Å². The number of aromatic nitrogens is 1. The highest BCUT2D eigenvalue weighted by atomic mass is 32.1. The molecule has 5 heteroatoms. The number of esters is 1. The molecule has 0 aromatic carbocycles. The highest BCUT2D eigenvalue weighted by Crippen LogP contribution is 2.34. The van der Waals surface area contributed by atoms with Gasteiger partial charge in [0.15, 0.2) is 0 Å². The van der Waals surface area contributed by atoms with E-state index in [1.165, 1.54) is 11.3 Å². The monoisotopic (exact) mass is 345 g/mol. The van der Waals surface area contributed by atoms with Crippen LogP contribution in [0.4, 0.5) is 0 Å². The molecular weight excluding hydrogens is 322 g/mol. The number of ketones is 1. The molecule has 0 saturated carbocycles. The van der Waals surface area contributed by atoms with Crippen LogP contribution in [-0.2, 0) is 16.1 Å². The molecule has 0 saturated heterocycles. The third kappa shape index (κ3) is 3.05. The first-order valence-corrected chi connectivity index (χ1v) is 9.21. The Kier molecular flexibility index (Phi) is 4.63. The van der Waals surface area contributed by atoms with Crippen molar-refractivity contribution in [2.45, 2.75) is 59.1 Å². The molecule has 4 nitrogen and oxygen atoms in total. The lowest BCUT2D eigenvalue weighted by Gasteiger charge is -2.25. The molecule has 2 aromatic heterocycles. The van der Waals surface area contributed by atoms with Gasteiger partial charge in [0.05, 0.1) is 22.6 Å². The minimum Gasteiger partial charge on any atom is -0.462 e. The number of nitrogens with zero attached hydrogens (tertiary/aromatic N) is 1. The van der Waals surface area contributed by atoms with Gasteiger partial charge in [0.1, 0.15) is 0 Å². The van der Waals surface area contributed by atoms with Crippen molar-refractivity contribution in [3.63, 3.8) is 0 Å². The van der Waals surface area contributed by atoms with Gasteiger partial charge in [-0.25, -0.2) is 0 Å². The van der Waals surface area contributed by atoms with E-state index in [1.807, 2.05) is 50.5 Å². The molecule has 1 unspecified atom stereocenters. The van der Waals surface area contributed by atoms with Gasteiger partial charge in [-0.05, 0) is 64.3 Å². The second-order valence-corrected chi connectivity index (χ2v) is 7.96. The molecule has 1 aliphatic rings. The molecular formula is C19H23NO3S. The van der Waals surface area contributed by atoms with Crippen LogP contribution in [0.3, 0.4) is 0 Å². The van der Waals surface area contributed by atoms with Crippen LogP contribution in [-0.4, -0.2) is 22.4 Å². The van der Waals surface area contributed by atoms with Gasteiger partial charge in [0, 0.05) is 17.1 Å². The molecule has 24 heavy (non-hydrogen) atoms. The van der Waals surface area contributed by atoms with Crippen LogP contribution in [0.25, 0.3) is 0 Å². The molecule has 0 bridgehead atoms. The van der Waals surface area contributed by atoms with Crippen LogP contribution in [0.15, 0.2) is 18.2 Å². The summed E-state index contributed by atoms with van der Waals surface area (Å²) in [5.74, 6) is -0.407. The largest absolute Gasteiger partial charge is 0.462 e. The third-order valence-electron chi connectivity index (χ3n) is 4.37. The van der Waals surface area contributed by atoms with E-state index in [0.717, 1.165) is 40.4 Å². The lowest BCUT2D eigenvalue weighted by atomic mass is 9.96. The summed E-state index contributed by atoms with van der Waals surface area (Å²) in [5.41, 5.74) is 2.57. The normalized spacial score (nSPS) is 17.0. The lowest BCUT2D eigenvalue weighted by Crippen LogP contribution is -2.27. The van der Waals surface area contributed by atoms with E-state index in [4.69, 9.17) is 4.74 Å². The smallest absolute Gasteiger partial charge is 0.315 e. The van der Waals surface area contributed by atoms with Crippen molar-refractivity contribution in [3.8, 4) is 0 Å². The average molecular weight is 345 g/mol. The first kappa shape index (κ1) is 17.0. The fourth-order valence-electron chi connectivity index (χ4n) is 3.37. The predicted molar refractivity (Wildman–Crippen MR) is 94.9 cm³/mol. The van der Waals surface area contributed by atoms with Crippen molar-refractivity contribution < 1.29 is 14.3 Å². The fourth-order valence-corrected chi connectivity index (χ4v) is 4.18. The highest BCUT2D eigenvalue weighted by Gasteiger charge is 2.32. The fraction of sp³-hybridized carbons (Fsp3) is 0.474. The molecule has 2 aromatic rings. The maximum Gasteiger partial charge on any atom is 0.315 e. The van der Waals surface area contributed by atoms with E-state index < -0.39 is 0 Å². The average Bonchev–Trinajstić information content (AvgIpc) is 3.08. The molecule has 0 radical (unpaired) electrons. The van der Waals surface area contributed by atoms with Gasteiger partial charge in [-0.1, -0.05) is 0 Å². The Morgan fingerprint density at radius 2 is 2.04 bits per heavy atom. The van der Waals surface area contributed by atoms with E-state index in [0.29, 0.717) is 5.69 Å². The van der Waals surface area contributed by atoms with Crippen molar-refractivity contribution >= 4 is 23.1 Å². The van der Waals surface area contributed by atoms with Crippen molar-refractivity contribution in [3.05, 3.63) is 44.9 Å². The molecule has 3 heterocycles. The Labute approximate surface area is 146 Å². The zero-order valence-electron chi connectivity index (χ0n) is 14.6. The Morgan fingerprint density at radius 3 is 2.67 bits per heavy atom. The van der Waals surface area contributed by atoms with E-state index in [2.05, 4.69) is 0 Å². The quantitative estimate of drug-likeness (QED) is 0.615. The predicted octanol–water partition coefficient (Wildman–Crippen LogP) is 4.23. The number of carbonyl (C=O) groups is 2. The van der Waals surface area contributed by atoms with Crippen LogP contribution < -0.4 is 0 Å². The number of fused-ring (bicyclic) bond motifs is 1. The summed E-state index contributed by atoms with van der Waals surface area (Å²) in [7, 11) is 0. The number of ether oxygens (including phenoxy) is 1. The van der Waals surface area contributed by atoms with Gasteiger partial charge in [-0.2, -0.15) is 0 Å². The van der Waals surface area contributed by atoms with Crippen LogP contribution in [0.1, 0.15) is 64.1 Å². The first-order valence-electron chi connectivity index (χ1n) is 8.40. The van der Waals surface area contributed by atoms with Crippen LogP contribution in [0.2, 0.25) is 0 Å². The summed E-state index contributed by atoms with van der Waals surface area (Å²) in [6.45, 7) is 8.45. The number of rotatable bonds is 4. The Morgan fingerprint density at radius 1 is 1.29 bits per heavy atom. The van der Waals surface area contributed by atoms with Crippen molar-refractivity contribution in [2.75, 3.05) is 0 Å². The molecule has 128 valence electrons. The third-order valence-corrected chi connectivity index (χ3v) is 5.37. The SMILES string of the molecule is Cc1ccc(C(=O)c2c(C)cc3n2CCCC3C(=O)OC(C)C)s1. The Hall–Kier alpha value is -1.88. The second-order valence-electron chi connectivity index (χ2n) is 6.67. The Bertz CT molecular complexity index is 785. The van der Waals surface area contributed by atoms with Crippen molar-refractivity contribution in [1.82, 2.24) is 4.57 Å². The van der Waals surface area contributed by atoms with Crippen molar-refractivity contribution in [1.29, 1.82) is 0 Å². The van der Waals surface area contributed by atoms with E-state index >= 15 is 0 Å². The minimum atomic E-state index is -0.272. The number of thiophene rings is 1. The van der Waals surface area contributed by atoms with Crippen LogP contribution in [0, 0.1) is 13.8 Å². The second kappa shape index (κ2) is 6.55. The van der Waals surface area contributed by atoms with Gasteiger partial charge in [-0.15, -0.1) is 11.3 Å². The van der Waals surface area contributed by atoms with Crippen LogP contribution >= 0.6 is 11.3 Å². The summed E-state index contributed by atoms with van der Waals surface area (Å²) in [6, 6.07) is 5.84. The van der Waals surface area contributed by atoms with Gasteiger partial charge in [0.2, 0.25) is 5.78 Å². The number of aryl methyl sites for hydroxylation is 2. The lowest BCUT2D eigenvalue weighted by molar-refractivity contribution is -0.149. The van der Waals surface area contributed by atoms with E-state index in [-0.39, 0.29) is 23.8 Å². The molecule has 0 N–H and O–H groups in total. The summed E-state index contributed by atoms with van der Waals surface area (Å²) in [4.78, 5) is 27.2. The molecule has 3 rings (SSSR count). The van der Waals surface area contributed by atoms with Gasteiger partial charge >= 0.3 is 5.97 Å². The highest BCUT2D eigenvalue weighted by molar-refractivity contribution is 7.14. The van der Waals surface area contributed by atoms with Crippen LogP contribution in [0.5, 0.6) is 0 Å². The number of hydrogen-bond donors (Lipinski definition) is 0. The molecule has 1 atom stereocenters. The maximum atomic E-state index is 12.9. The van der Waals surface area contributed by atoms with Crippen molar-refractivity contribution in [2.24, 2.45) is 0 Å². The summed E-state index contributed by atoms with van der Waals surface area (Å²) in [5, 5.41) is 0. The first-order chi connectivity index (χ1) is 11.4. The number of hydrogen-bond acceptors (Lipinski definition) is 4. The zero-order chi connectivity index (χ0) is 17.4. The van der Waals surface area contributed by atoms with E-state index in [9.17, 15) is 9.59 Å². The molecule has 0 fully saturated rings. The molecule has 0 aliphatic carbocycles. The standard InChI is InChI=1S/C19H23NO3S/c1-11(2)23-19(22)14-6-5-9-20-15(14)10-12(3)17(20)18(21)16-8-7-13(4)24-16/h7-8,10-11,14H,5-6,9H2,1-4H3. The maximum absolute atomic E-state index is 12.9. The Balaban J connectivity index is 1.98. The number of carbonyl (C=O) groups excluding carboxylic acids is 2. The topological polar surface area (TPSA) is 48.3 Å². The van der Waals surface area contributed by atoms with Gasteiger partial charge < -0.3 is 9.30 Å². The summed E-state index contributed by atoms with van der Waals surface area (Å²) < 4.78 is 7.44. The minimum absolute atomic E-state index is 0.0507. The zero-order valence-corrected chi connectivity index (χ0v) is 15.4. The molecule has 1 aliphatic heterocycles.